The summed E-state index contributed by atoms with van der Waals surface area (Å²) in [6, 6.07) is 0. The van der Waals surface area contributed by atoms with Crippen molar-refractivity contribution in [2.45, 2.75) is 289 Å². The van der Waals surface area contributed by atoms with Crippen molar-refractivity contribution < 1.29 is 58.2 Å². The Labute approximate surface area is 455 Å². The number of carboxylic acid groups (broad SMARTS) is 1. The van der Waals surface area contributed by atoms with E-state index in [-0.39, 0.29) is 25.9 Å². The number of aliphatic hydroxyl groups excluding tert-OH is 2. The molecule has 75 heavy (non-hydrogen) atoms. The molecule has 1 saturated heterocycles. The smallest absolute Gasteiger partial charge is 0.335 e. The molecule has 6 unspecified atom stereocenters. The van der Waals surface area contributed by atoms with Crippen molar-refractivity contribution >= 4 is 23.9 Å². The van der Waals surface area contributed by atoms with E-state index in [0.29, 0.717) is 19.3 Å². The van der Waals surface area contributed by atoms with Crippen LogP contribution in [0.5, 0.6) is 0 Å². The number of aliphatic hydroxyl groups is 2. The molecule has 0 radical (unpaired) electrons. The molecule has 0 aromatic heterocycles. The van der Waals surface area contributed by atoms with Crippen molar-refractivity contribution in [3.8, 4) is 0 Å². The largest absolute Gasteiger partial charge is 0.479 e. The normalized spacial score (nSPS) is 18.7. The van der Waals surface area contributed by atoms with Crippen molar-refractivity contribution in [3.63, 3.8) is 0 Å². The minimum Gasteiger partial charge on any atom is -0.479 e. The van der Waals surface area contributed by atoms with Crippen LogP contribution in [0.2, 0.25) is 0 Å². The molecule has 0 bridgehead atoms. The molecule has 6 atom stereocenters. The highest BCUT2D eigenvalue weighted by atomic mass is 16.7. The first-order chi connectivity index (χ1) is 36.6. The highest BCUT2D eigenvalue weighted by molar-refractivity contribution is 5.74. The SMILES string of the molecule is CC/C=C\C/C=C\C/C=C\C/C=C\CCCCCCCCC(=O)OCC(COC1OC(C(=O)O)C(O)C(O)C1OC(=O)CCCCCCC/C=C\C/C=C\CCCCC)OC(=O)CCCCCCCCCCCCC. The predicted octanol–water partition coefficient (Wildman–Crippen LogP) is 15.3. The van der Waals surface area contributed by atoms with Crippen molar-refractivity contribution in [2.24, 2.45) is 0 Å². The number of unbranched alkanes of at least 4 members (excludes halogenated alkanes) is 24. The molecule has 1 heterocycles. The van der Waals surface area contributed by atoms with Gasteiger partial charge < -0.3 is 39.0 Å². The first kappa shape index (κ1) is 69.2. The van der Waals surface area contributed by atoms with Crippen LogP contribution in [-0.2, 0) is 42.9 Å². The maximum absolute atomic E-state index is 13.1. The quantitative estimate of drug-likeness (QED) is 0.0228. The molecule has 1 fully saturated rings. The Kier molecular flexibility index (Phi) is 47.0. The lowest BCUT2D eigenvalue weighted by molar-refractivity contribution is -0.301. The Hall–Kier alpha value is -3.84. The second-order valence-electron chi connectivity index (χ2n) is 20.3. The lowest BCUT2D eigenvalue weighted by atomic mass is 9.98. The van der Waals surface area contributed by atoms with Crippen LogP contribution in [0.15, 0.2) is 72.9 Å². The van der Waals surface area contributed by atoms with Crippen molar-refractivity contribution in [1.82, 2.24) is 0 Å². The van der Waals surface area contributed by atoms with Gasteiger partial charge >= 0.3 is 23.9 Å². The van der Waals surface area contributed by atoms with Crippen LogP contribution in [0.25, 0.3) is 0 Å². The predicted molar refractivity (Wildman–Crippen MR) is 303 cm³/mol. The fourth-order valence-corrected chi connectivity index (χ4v) is 8.68. The maximum Gasteiger partial charge on any atom is 0.335 e. The van der Waals surface area contributed by atoms with E-state index in [1.54, 1.807) is 0 Å². The van der Waals surface area contributed by atoms with Gasteiger partial charge in [-0.15, -0.1) is 0 Å². The Morgan fingerprint density at radius 2 is 0.840 bits per heavy atom. The average molecular weight is 1060 g/mol. The number of allylic oxidation sites excluding steroid dienone is 12. The van der Waals surface area contributed by atoms with E-state index in [1.165, 1.54) is 64.2 Å². The van der Waals surface area contributed by atoms with E-state index in [9.17, 15) is 34.5 Å². The number of ether oxygens (including phenoxy) is 5. The van der Waals surface area contributed by atoms with Crippen LogP contribution in [0.1, 0.15) is 252 Å². The molecule has 1 aliphatic rings. The van der Waals surface area contributed by atoms with Crippen LogP contribution in [0.3, 0.4) is 0 Å². The van der Waals surface area contributed by atoms with Crippen LogP contribution >= 0.6 is 0 Å². The van der Waals surface area contributed by atoms with Gasteiger partial charge in [0.15, 0.2) is 24.6 Å². The van der Waals surface area contributed by atoms with Crippen molar-refractivity contribution in [2.75, 3.05) is 13.2 Å². The van der Waals surface area contributed by atoms with Gasteiger partial charge in [-0.25, -0.2) is 4.79 Å². The average Bonchev–Trinajstić information content (AvgIpc) is 3.39. The number of carbonyl (C=O) groups excluding carboxylic acids is 3. The van der Waals surface area contributed by atoms with Crippen molar-refractivity contribution in [3.05, 3.63) is 72.9 Å². The van der Waals surface area contributed by atoms with Gasteiger partial charge in [0.25, 0.3) is 0 Å². The zero-order valence-electron chi connectivity index (χ0n) is 47.3. The fraction of sp³-hybridized carbons (Fsp3) is 0.746. The number of rotatable bonds is 50. The second kappa shape index (κ2) is 50.9. The number of carboxylic acids is 1. The number of aliphatic carboxylic acids is 1. The van der Waals surface area contributed by atoms with Crippen LogP contribution in [-0.4, -0.2) is 89.2 Å². The molecular formula is C63H106O12. The Morgan fingerprint density at radius 1 is 0.453 bits per heavy atom. The topological polar surface area (TPSA) is 175 Å². The molecule has 3 N–H and O–H groups in total. The van der Waals surface area contributed by atoms with Gasteiger partial charge in [0, 0.05) is 19.3 Å². The van der Waals surface area contributed by atoms with E-state index < -0.39 is 67.3 Å². The zero-order valence-corrected chi connectivity index (χ0v) is 47.3. The molecule has 0 aromatic rings. The lowest BCUT2D eigenvalue weighted by Crippen LogP contribution is -2.61. The van der Waals surface area contributed by atoms with Gasteiger partial charge in [0.1, 0.15) is 18.8 Å². The highest BCUT2D eigenvalue weighted by Gasteiger charge is 2.50. The molecule has 0 spiro atoms. The number of hydrogen-bond donors (Lipinski definition) is 3. The molecular weight excluding hydrogens is 949 g/mol. The fourth-order valence-electron chi connectivity index (χ4n) is 8.68. The molecule has 0 aliphatic carbocycles. The summed E-state index contributed by atoms with van der Waals surface area (Å²) in [5, 5.41) is 31.5. The summed E-state index contributed by atoms with van der Waals surface area (Å²) >= 11 is 0. The molecule has 12 nitrogen and oxygen atoms in total. The Balaban J connectivity index is 2.67. The van der Waals surface area contributed by atoms with E-state index >= 15 is 0 Å². The third-order valence-corrected chi connectivity index (χ3v) is 13.3. The monoisotopic (exact) mass is 1050 g/mol. The Morgan fingerprint density at radius 3 is 1.31 bits per heavy atom. The van der Waals surface area contributed by atoms with Gasteiger partial charge in [-0.1, -0.05) is 216 Å². The minimum atomic E-state index is -1.91. The standard InChI is InChI=1S/C63H106O12/c1-4-7-10-13-16-19-22-24-26-27-28-29-31-32-35-37-40-43-46-49-55(64)71-52-54(73-56(65)50-47-44-41-38-34-21-18-15-12-9-6-3)53-72-63-61(59(68)58(67)60(75-63)62(69)70)74-57(66)51-48-45-42-39-36-33-30-25-23-20-17-14-11-8-5-2/h7,10,16-17,19-20,24-26,28-30,54,58-61,63,67-68H,4-6,8-9,11-15,18,21-23,27,31-53H2,1-3H3,(H,69,70)/b10-7-,19-16-,20-17-,26-24-,29-28-,30-25-. The lowest BCUT2D eigenvalue weighted by Gasteiger charge is -2.40. The number of carbonyl (C=O) groups is 4. The molecule has 0 aromatic carbocycles. The summed E-state index contributed by atoms with van der Waals surface area (Å²) < 4.78 is 28.4. The summed E-state index contributed by atoms with van der Waals surface area (Å²) in [4.78, 5) is 51.1. The molecule has 0 saturated carbocycles. The number of esters is 3. The van der Waals surface area contributed by atoms with E-state index in [0.717, 1.165) is 128 Å². The third-order valence-electron chi connectivity index (χ3n) is 13.3. The zero-order chi connectivity index (χ0) is 54.7. The maximum atomic E-state index is 13.1. The Bertz CT molecular complexity index is 1580. The van der Waals surface area contributed by atoms with E-state index in [2.05, 4.69) is 93.7 Å². The van der Waals surface area contributed by atoms with Crippen LogP contribution < -0.4 is 0 Å². The third kappa shape index (κ3) is 41.0. The summed E-state index contributed by atoms with van der Waals surface area (Å²) in [7, 11) is 0. The van der Waals surface area contributed by atoms with Gasteiger partial charge in [0.05, 0.1) is 6.61 Å². The van der Waals surface area contributed by atoms with Gasteiger partial charge in [0.2, 0.25) is 0 Å². The van der Waals surface area contributed by atoms with Gasteiger partial charge in [-0.05, 0) is 89.9 Å². The van der Waals surface area contributed by atoms with Crippen molar-refractivity contribution in [1.29, 1.82) is 0 Å². The highest BCUT2D eigenvalue weighted by Crippen LogP contribution is 2.26. The molecule has 0 amide bonds. The van der Waals surface area contributed by atoms with Crippen LogP contribution in [0, 0.1) is 0 Å². The summed E-state index contributed by atoms with van der Waals surface area (Å²) in [6.07, 6.45) is 51.5. The molecule has 12 heteroatoms. The van der Waals surface area contributed by atoms with Gasteiger partial charge in [-0.2, -0.15) is 0 Å². The second-order valence-corrected chi connectivity index (χ2v) is 20.3. The van der Waals surface area contributed by atoms with E-state index in [4.69, 9.17) is 23.7 Å². The number of hydrogen-bond acceptors (Lipinski definition) is 11. The summed E-state index contributed by atoms with van der Waals surface area (Å²) in [5.74, 6) is -3.15. The first-order valence-electron chi connectivity index (χ1n) is 29.9. The molecule has 430 valence electrons. The molecule has 1 aliphatic heterocycles. The summed E-state index contributed by atoms with van der Waals surface area (Å²) in [6.45, 7) is 5.83. The minimum absolute atomic E-state index is 0.0425. The summed E-state index contributed by atoms with van der Waals surface area (Å²) in [5.41, 5.74) is 0. The van der Waals surface area contributed by atoms with E-state index in [1.807, 2.05) is 0 Å². The first-order valence-corrected chi connectivity index (χ1v) is 29.9. The van der Waals surface area contributed by atoms with Gasteiger partial charge in [-0.3, -0.25) is 14.4 Å². The molecule has 1 rings (SSSR count). The van der Waals surface area contributed by atoms with Crippen LogP contribution in [0.4, 0.5) is 0 Å².